The summed E-state index contributed by atoms with van der Waals surface area (Å²) in [6, 6.07) is 9.73. The van der Waals surface area contributed by atoms with Crippen LogP contribution in [0.4, 0.5) is 0 Å². The van der Waals surface area contributed by atoms with E-state index >= 15 is 0 Å². The van der Waals surface area contributed by atoms with Gasteiger partial charge in [-0.3, -0.25) is 9.69 Å². The number of piperidine rings is 1. The molecule has 0 radical (unpaired) electrons. The summed E-state index contributed by atoms with van der Waals surface area (Å²) in [6.07, 6.45) is 1.63. The number of amides is 1. The van der Waals surface area contributed by atoms with E-state index in [1.165, 1.54) is 4.88 Å². The van der Waals surface area contributed by atoms with Gasteiger partial charge in [0.25, 0.3) is 0 Å². The molecule has 9 heteroatoms. The van der Waals surface area contributed by atoms with Crippen LogP contribution in [-0.2, 0) is 11.3 Å². The van der Waals surface area contributed by atoms with Crippen LogP contribution in [0.1, 0.15) is 43.5 Å². The van der Waals surface area contributed by atoms with Gasteiger partial charge >= 0.3 is 0 Å². The lowest BCUT2D eigenvalue weighted by Crippen LogP contribution is -2.42. The number of methoxy groups -OCH3 is 2. The van der Waals surface area contributed by atoms with Crippen LogP contribution in [0.5, 0.6) is 11.5 Å². The van der Waals surface area contributed by atoms with Gasteiger partial charge in [-0.2, -0.15) is 4.98 Å². The number of hydrogen-bond acceptors (Lipinski definition) is 8. The first-order valence-electron chi connectivity index (χ1n) is 11.6. The fourth-order valence-corrected chi connectivity index (χ4v) is 5.21. The first-order chi connectivity index (χ1) is 16.5. The highest BCUT2D eigenvalue weighted by Gasteiger charge is 2.29. The van der Waals surface area contributed by atoms with E-state index in [1.54, 1.807) is 25.6 Å². The summed E-state index contributed by atoms with van der Waals surface area (Å²) < 4.78 is 16.1. The minimum absolute atomic E-state index is 0.0301. The van der Waals surface area contributed by atoms with Gasteiger partial charge in [-0.05, 0) is 61.5 Å². The third-order valence-electron chi connectivity index (χ3n) is 6.24. The van der Waals surface area contributed by atoms with Crippen LogP contribution < -0.4 is 14.8 Å². The SMILES string of the molecule is COc1ccc(-c2noc(CN3CCC(C(=O)NC(c4cccs4)C(C)C)CC3)n2)cc1OC. The third kappa shape index (κ3) is 5.59. The normalized spacial score (nSPS) is 15.9. The van der Waals surface area contributed by atoms with Crippen molar-refractivity contribution < 1.29 is 18.8 Å². The fraction of sp³-hybridized carbons (Fsp3) is 0.480. The number of carbonyl (C=O) groups is 1. The van der Waals surface area contributed by atoms with Gasteiger partial charge in [0.15, 0.2) is 11.5 Å². The average Bonchev–Trinajstić information content (AvgIpc) is 3.55. The Hall–Kier alpha value is -2.91. The summed E-state index contributed by atoms with van der Waals surface area (Å²) >= 11 is 1.69. The van der Waals surface area contributed by atoms with Crippen LogP contribution in [0, 0.1) is 11.8 Å². The predicted molar refractivity (Wildman–Crippen MR) is 131 cm³/mol. The number of aromatic nitrogens is 2. The van der Waals surface area contributed by atoms with Crippen molar-refractivity contribution in [1.29, 1.82) is 0 Å². The number of nitrogens with one attached hydrogen (secondary N) is 1. The maximum atomic E-state index is 12.9. The van der Waals surface area contributed by atoms with Crippen molar-refractivity contribution in [1.82, 2.24) is 20.4 Å². The zero-order valence-corrected chi connectivity index (χ0v) is 20.9. The molecule has 1 unspecified atom stereocenters. The number of hydrogen-bond donors (Lipinski definition) is 1. The van der Waals surface area contributed by atoms with E-state index < -0.39 is 0 Å². The topological polar surface area (TPSA) is 89.7 Å². The molecule has 4 rings (SSSR count). The van der Waals surface area contributed by atoms with Crippen LogP contribution in [0.2, 0.25) is 0 Å². The summed E-state index contributed by atoms with van der Waals surface area (Å²) in [7, 11) is 3.20. The molecule has 8 nitrogen and oxygen atoms in total. The summed E-state index contributed by atoms with van der Waals surface area (Å²) in [5.74, 6) is 2.87. The summed E-state index contributed by atoms with van der Waals surface area (Å²) in [5, 5.41) is 9.47. The molecule has 1 atom stereocenters. The van der Waals surface area contributed by atoms with Crippen LogP contribution in [0.25, 0.3) is 11.4 Å². The quantitative estimate of drug-likeness (QED) is 0.477. The predicted octanol–water partition coefficient (Wildman–Crippen LogP) is 4.54. The van der Waals surface area contributed by atoms with E-state index in [0.29, 0.717) is 35.7 Å². The number of rotatable bonds is 9. The Morgan fingerprint density at radius 2 is 1.97 bits per heavy atom. The molecular weight excluding hydrogens is 452 g/mol. The Morgan fingerprint density at radius 3 is 2.62 bits per heavy atom. The van der Waals surface area contributed by atoms with E-state index in [2.05, 4.69) is 45.7 Å². The van der Waals surface area contributed by atoms with E-state index in [0.717, 1.165) is 31.5 Å². The molecule has 2 aromatic heterocycles. The highest BCUT2D eigenvalue weighted by Crippen LogP contribution is 2.31. The van der Waals surface area contributed by atoms with Gasteiger partial charge < -0.3 is 19.3 Å². The van der Waals surface area contributed by atoms with Crippen molar-refractivity contribution in [2.75, 3.05) is 27.3 Å². The van der Waals surface area contributed by atoms with Crippen LogP contribution >= 0.6 is 11.3 Å². The van der Waals surface area contributed by atoms with Gasteiger partial charge in [0.2, 0.25) is 17.6 Å². The zero-order valence-electron chi connectivity index (χ0n) is 20.1. The largest absolute Gasteiger partial charge is 0.493 e. The number of carbonyl (C=O) groups excluding carboxylic acids is 1. The molecule has 1 amide bonds. The molecule has 3 aromatic rings. The third-order valence-corrected chi connectivity index (χ3v) is 7.20. The smallest absolute Gasteiger partial charge is 0.241 e. The molecule has 3 heterocycles. The highest BCUT2D eigenvalue weighted by atomic mass is 32.1. The van der Waals surface area contributed by atoms with Gasteiger partial charge in [0.05, 0.1) is 26.8 Å². The Kier molecular flexibility index (Phi) is 7.84. The van der Waals surface area contributed by atoms with E-state index in [9.17, 15) is 4.79 Å². The Labute approximate surface area is 204 Å². The molecule has 1 N–H and O–H groups in total. The highest BCUT2D eigenvalue weighted by molar-refractivity contribution is 7.10. The zero-order chi connectivity index (χ0) is 24.1. The molecule has 1 saturated heterocycles. The second-order valence-electron chi connectivity index (χ2n) is 8.88. The van der Waals surface area contributed by atoms with E-state index in [4.69, 9.17) is 14.0 Å². The minimum Gasteiger partial charge on any atom is -0.493 e. The number of ether oxygens (including phenoxy) is 2. The van der Waals surface area contributed by atoms with Crippen molar-refractivity contribution in [3.8, 4) is 22.9 Å². The first-order valence-corrected chi connectivity index (χ1v) is 12.5. The van der Waals surface area contributed by atoms with Gasteiger partial charge in [-0.25, -0.2) is 0 Å². The second kappa shape index (κ2) is 11.0. The fourth-order valence-electron chi connectivity index (χ4n) is 4.26. The van der Waals surface area contributed by atoms with Crippen molar-refractivity contribution in [2.24, 2.45) is 11.8 Å². The maximum absolute atomic E-state index is 12.9. The van der Waals surface area contributed by atoms with E-state index in [1.807, 2.05) is 24.3 Å². The van der Waals surface area contributed by atoms with Gasteiger partial charge in [-0.15, -0.1) is 11.3 Å². The number of benzene rings is 1. The van der Waals surface area contributed by atoms with Gasteiger partial charge in [0, 0.05) is 16.4 Å². The second-order valence-corrected chi connectivity index (χ2v) is 9.86. The van der Waals surface area contributed by atoms with Crippen LogP contribution in [0.15, 0.2) is 40.2 Å². The van der Waals surface area contributed by atoms with Crippen molar-refractivity contribution >= 4 is 17.2 Å². The lowest BCUT2D eigenvalue weighted by atomic mass is 9.94. The Morgan fingerprint density at radius 1 is 1.21 bits per heavy atom. The number of likely N-dealkylation sites (tertiary alicyclic amines) is 1. The lowest BCUT2D eigenvalue weighted by molar-refractivity contribution is -0.127. The Bertz CT molecular complexity index is 1070. The van der Waals surface area contributed by atoms with Crippen molar-refractivity contribution in [2.45, 2.75) is 39.3 Å². The average molecular weight is 485 g/mol. The standard InChI is InChI=1S/C25H32N4O4S/c1-16(2)23(21-6-5-13-34-21)27-25(30)17-9-11-29(12-10-17)15-22-26-24(28-33-22)18-7-8-19(31-3)20(14-18)32-4/h5-8,13-14,16-17,23H,9-12,15H2,1-4H3,(H,27,30). The molecule has 1 aliphatic rings. The molecule has 0 spiro atoms. The molecular formula is C25H32N4O4S. The van der Waals surface area contributed by atoms with Gasteiger partial charge in [-0.1, -0.05) is 25.1 Å². The molecule has 0 saturated carbocycles. The van der Waals surface area contributed by atoms with Crippen molar-refractivity contribution in [3.63, 3.8) is 0 Å². The molecule has 1 aliphatic heterocycles. The number of nitrogens with zero attached hydrogens (tertiary/aromatic N) is 3. The summed E-state index contributed by atoms with van der Waals surface area (Å²) in [5.41, 5.74) is 0.800. The molecule has 1 aromatic carbocycles. The Balaban J connectivity index is 1.31. The van der Waals surface area contributed by atoms with Gasteiger partial charge in [0.1, 0.15) is 0 Å². The van der Waals surface area contributed by atoms with Crippen molar-refractivity contribution in [3.05, 3.63) is 46.5 Å². The molecule has 0 bridgehead atoms. The monoisotopic (exact) mass is 484 g/mol. The summed E-state index contributed by atoms with van der Waals surface area (Å²) in [4.78, 5) is 21.0. The van der Waals surface area contributed by atoms with E-state index in [-0.39, 0.29) is 17.9 Å². The maximum Gasteiger partial charge on any atom is 0.241 e. The van der Waals surface area contributed by atoms with Crippen LogP contribution in [-0.4, -0.2) is 48.3 Å². The lowest BCUT2D eigenvalue weighted by Gasteiger charge is -2.31. The minimum atomic E-state index is 0.0301. The number of thiophene rings is 1. The van der Waals surface area contributed by atoms with Crippen LogP contribution in [0.3, 0.4) is 0 Å². The first kappa shape index (κ1) is 24.2. The molecule has 0 aliphatic carbocycles. The molecule has 1 fully saturated rings. The molecule has 34 heavy (non-hydrogen) atoms. The molecule has 182 valence electrons. The summed E-state index contributed by atoms with van der Waals surface area (Å²) in [6.45, 7) is 6.50.